The van der Waals surface area contributed by atoms with Gasteiger partial charge in [0.25, 0.3) is 0 Å². The molecule has 4 nitrogen and oxygen atoms in total. The third-order valence-electron chi connectivity index (χ3n) is 10.7. The van der Waals surface area contributed by atoms with Crippen LogP contribution in [-0.4, -0.2) is 25.7 Å². The second-order valence-corrected chi connectivity index (χ2v) is 13.6. The van der Waals surface area contributed by atoms with Gasteiger partial charge >= 0.3 is 5.97 Å². The van der Waals surface area contributed by atoms with Crippen LogP contribution in [0, 0.1) is 0 Å². The maximum Gasteiger partial charge on any atom is 0.338 e. The standard InChI is InChI=1S/C44H43NO3/c1-2-47-43(46)41-30-35-29-34(33-17-15-32(16-18-33)31-11-5-3-6-12-31)19-24-39(35)42-40(41)25-26-44(48-42,36-13-7-4-8-14-36)37-20-22-38(23-21-37)45-27-9-10-28-45/h4,7-8,13-26,29-31H,2-3,5-6,9-12,27-28H2,1H3. The summed E-state index contributed by atoms with van der Waals surface area (Å²) in [6.07, 6.45) is 13.2. The van der Waals surface area contributed by atoms with Gasteiger partial charge < -0.3 is 14.4 Å². The number of nitrogens with zero attached hydrogens (tertiary/aromatic N) is 1. The van der Waals surface area contributed by atoms with Crippen molar-refractivity contribution in [2.75, 3.05) is 24.6 Å². The number of benzene rings is 5. The molecule has 1 atom stereocenters. The Hall–Kier alpha value is -4.83. The third kappa shape index (κ3) is 5.57. The molecular weight excluding hydrogens is 590 g/mol. The van der Waals surface area contributed by atoms with Crippen LogP contribution in [0.2, 0.25) is 0 Å². The first-order chi connectivity index (χ1) is 23.6. The van der Waals surface area contributed by atoms with Gasteiger partial charge in [-0.05, 0) is 97.0 Å². The Balaban J connectivity index is 1.23. The Morgan fingerprint density at radius 3 is 2.23 bits per heavy atom. The Morgan fingerprint density at radius 2 is 1.50 bits per heavy atom. The second-order valence-electron chi connectivity index (χ2n) is 13.6. The van der Waals surface area contributed by atoms with E-state index >= 15 is 0 Å². The van der Waals surface area contributed by atoms with E-state index in [0.717, 1.165) is 46.1 Å². The fraction of sp³-hybridized carbons (Fsp3) is 0.295. The zero-order valence-corrected chi connectivity index (χ0v) is 27.8. The van der Waals surface area contributed by atoms with Gasteiger partial charge in [0, 0.05) is 40.9 Å². The van der Waals surface area contributed by atoms with E-state index in [1.807, 2.05) is 19.1 Å². The number of esters is 1. The number of anilines is 1. The van der Waals surface area contributed by atoms with Gasteiger partial charge in [0.1, 0.15) is 5.75 Å². The van der Waals surface area contributed by atoms with Crippen molar-refractivity contribution in [1.82, 2.24) is 0 Å². The Bertz CT molecular complexity index is 1950. The van der Waals surface area contributed by atoms with Crippen LogP contribution in [-0.2, 0) is 10.3 Å². The molecule has 2 aliphatic heterocycles. The molecule has 5 aromatic carbocycles. The van der Waals surface area contributed by atoms with Crippen LogP contribution in [0.15, 0.2) is 109 Å². The molecule has 2 fully saturated rings. The van der Waals surface area contributed by atoms with E-state index in [1.165, 1.54) is 61.8 Å². The molecule has 1 unspecified atom stereocenters. The minimum absolute atomic E-state index is 0.306. The summed E-state index contributed by atoms with van der Waals surface area (Å²) in [5, 5.41) is 1.92. The van der Waals surface area contributed by atoms with Crippen molar-refractivity contribution < 1.29 is 14.3 Å². The smallest absolute Gasteiger partial charge is 0.338 e. The maximum absolute atomic E-state index is 13.5. The van der Waals surface area contributed by atoms with Crippen LogP contribution in [0.1, 0.15) is 90.4 Å². The highest BCUT2D eigenvalue weighted by molar-refractivity contribution is 6.05. The summed E-state index contributed by atoms with van der Waals surface area (Å²) in [7, 11) is 0. The van der Waals surface area contributed by atoms with Crippen LogP contribution in [0.25, 0.3) is 28.0 Å². The van der Waals surface area contributed by atoms with Crippen molar-refractivity contribution in [1.29, 1.82) is 0 Å². The molecule has 5 aromatic rings. The van der Waals surface area contributed by atoms with E-state index in [1.54, 1.807) is 0 Å². The fourth-order valence-corrected chi connectivity index (χ4v) is 8.06. The Labute approximate surface area is 284 Å². The second kappa shape index (κ2) is 13.0. The summed E-state index contributed by atoms with van der Waals surface area (Å²) in [5.74, 6) is 1.03. The quantitative estimate of drug-likeness (QED) is 0.167. The van der Waals surface area contributed by atoms with Gasteiger partial charge in [-0.15, -0.1) is 0 Å². The maximum atomic E-state index is 13.5. The van der Waals surface area contributed by atoms with Gasteiger partial charge in [0.2, 0.25) is 0 Å². The molecule has 1 saturated carbocycles. The highest BCUT2D eigenvalue weighted by Crippen LogP contribution is 2.47. The van der Waals surface area contributed by atoms with E-state index < -0.39 is 5.60 Å². The first kappa shape index (κ1) is 30.5. The molecule has 0 radical (unpaired) electrons. The molecule has 0 bridgehead atoms. The van der Waals surface area contributed by atoms with Crippen LogP contribution >= 0.6 is 0 Å². The highest BCUT2D eigenvalue weighted by atomic mass is 16.5. The zero-order chi connectivity index (χ0) is 32.5. The topological polar surface area (TPSA) is 38.8 Å². The summed E-state index contributed by atoms with van der Waals surface area (Å²) in [6.45, 7) is 4.35. The summed E-state index contributed by atoms with van der Waals surface area (Å²) in [6, 6.07) is 36.8. The molecule has 8 rings (SSSR count). The van der Waals surface area contributed by atoms with Crippen molar-refractivity contribution in [3.8, 4) is 16.9 Å². The van der Waals surface area contributed by atoms with Crippen molar-refractivity contribution in [2.45, 2.75) is 63.4 Å². The van der Waals surface area contributed by atoms with E-state index in [4.69, 9.17) is 9.47 Å². The molecule has 2 heterocycles. The van der Waals surface area contributed by atoms with Crippen LogP contribution in [0.4, 0.5) is 5.69 Å². The monoisotopic (exact) mass is 633 g/mol. The van der Waals surface area contributed by atoms with E-state index in [9.17, 15) is 4.79 Å². The lowest BCUT2D eigenvalue weighted by Crippen LogP contribution is -2.34. The number of ether oxygens (including phenoxy) is 2. The summed E-state index contributed by atoms with van der Waals surface area (Å²) < 4.78 is 12.8. The van der Waals surface area contributed by atoms with Gasteiger partial charge in [-0.1, -0.05) is 98.1 Å². The van der Waals surface area contributed by atoms with Crippen LogP contribution < -0.4 is 9.64 Å². The van der Waals surface area contributed by atoms with Crippen LogP contribution in [0.3, 0.4) is 0 Å². The predicted molar refractivity (Wildman–Crippen MR) is 196 cm³/mol. The molecule has 1 aliphatic carbocycles. The number of hydrogen-bond donors (Lipinski definition) is 0. The van der Waals surface area contributed by atoms with E-state index in [-0.39, 0.29) is 5.97 Å². The van der Waals surface area contributed by atoms with Gasteiger partial charge in [0.05, 0.1) is 12.2 Å². The normalized spacial score (nSPS) is 19.2. The van der Waals surface area contributed by atoms with Crippen LogP contribution in [0.5, 0.6) is 5.75 Å². The fourth-order valence-electron chi connectivity index (χ4n) is 8.06. The first-order valence-corrected chi connectivity index (χ1v) is 17.8. The highest BCUT2D eigenvalue weighted by Gasteiger charge is 2.39. The van der Waals surface area contributed by atoms with E-state index in [0.29, 0.717) is 23.8 Å². The molecule has 0 spiro atoms. The first-order valence-electron chi connectivity index (χ1n) is 17.8. The average Bonchev–Trinajstić information content (AvgIpc) is 3.70. The molecule has 0 amide bonds. The van der Waals surface area contributed by atoms with Gasteiger partial charge in [-0.3, -0.25) is 0 Å². The minimum atomic E-state index is -0.869. The Kier molecular flexibility index (Phi) is 8.26. The molecule has 0 N–H and O–H groups in total. The van der Waals surface area contributed by atoms with Crippen molar-refractivity contribution in [3.63, 3.8) is 0 Å². The third-order valence-corrected chi connectivity index (χ3v) is 10.7. The number of fused-ring (bicyclic) bond motifs is 3. The molecule has 242 valence electrons. The molecule has 3 aliphatic rings. The zero-order valence-electron chi connectivity index (χ0n) is 27.8. The number of carbonyl (C=O) groups excluding carboxylic acids is 1. The number of hydrogen-bond acceptors (Lipinski definition) is 4. The molecule has 48 heavy (non-hydrogen) atoms. The van der Waals surface area contributed by atoms with Crippen molar-refractivity contribution in [3.05, 3.63) is 137 Å². The van der Waals surface area contributed by atoms with Crippen molar-refractivity contribution in [2.24, 2.45) is 0 Å². The molecule has 0 aromatic heterocycles. The lowest BCUT2D eigenvalue weighted by Gasteiger charge is -2.37. The minimum Gasteiger partial charge on any atom is -0.472 e. The number of carbonyl (C=O) groups is 1. The predicted octanol–water partition coefficient (Wildman–Crippen LogP) is 10.7. The molecule has 1 saturated heterocycles. The average molecular weight is 634 g/mol. The summed E-state index contributed by atoms with van der Waals surface area (Å²) in [4.78, 5) is 15.9. The summed E-state index contributed by atoms with van der Waals surface area (Å²) >= 11 is 0. The lowest BCUT2D eigenvalue weighted by molar-refractivity contribution is 0.0525. The summed E-state index contributed by atoms with van der Waals surface area (Å²) in [5.41, 5.74) is 7.46. The van der Waals surface area contributed by atoms with E-state index in [2.05, 4.69) is 108 Å². The largest absolute Gasteiger partial charge is 0.472 e. The number of rotatable bonds is 7. The lowest BCUT2D eigenvalue weighted by atomic mass is 9.82. The molecular formula is C44H43NO3. The SMILES string of the molecule is CCOC(=O)c1cc2cc(-c3ccc(C4CCCCC4)cc3)ccc2c2c1C=CC(c1ccccc1)(c1ccc(N3CCCC3)cc1)O2. The van der Waals surface area contributed by atoms with Gasteiger partial charge in [0.15, 0.2) is 5.60 Å². The van der Waals surface area contributed by atoms with Gasteiger partial charge in [-0.2, -0.15) is 0 Å². The van der Waals surface area contributed by atoms with Gasteiger partial charge in [-0.25, -0.2) is 4.79 Å². The molecule has 4 heteroatoms. The Morgan fingerprint density at radius 1 is 0.792 bits per heavy atom. The van der Waals surface area contributed by atoms with Crippen molar-refractivity contribution >= 4 is 28.5 Å².